The molecule has 0 aliphatic carbocycles. The first-order chi connectivity index (χ1) is 13.9. The topological polar surface area (TPSA) is 112 Å². The number of nitrogens with zero attached hydrogens (tertiary/aromatic N) is 1. The predicted octanol–water partition coefficient (Wildman–Crippen LogP) is 3.85. The Labute approximate surface area is 170 Å². The van der Waals surface area contributed by atoms with Gasteiger partial charge in [0.2, 0.25) is 0 Å². The predicted molar refractivity (Wildman–Crippen MR) is 108 cm³/mol. The number of furan rings is 1. The van der Waals surface area contributed by atoms with E-state index in [1.807, 2.05) is 30.3 Å². The summed E-state index contributed by atoms with van der Waals surface area (Å²) < 4.78 is 10.7. The second-order valence-corrected chi connectivity index (χ2v) is 7.22. The molecule has 1 aromatic heterocycles. The van der Waals surface area contributed by atoms with E-state index < -0.39 is 23.4 Å². The lowest BCUT2D eigenvalue weighted by Crippen LogP contribution is -2.31. The Kier molecular flexibility index (Phi) is 6.50. The molecule has 0 aliphatic heterocycles. The summed E-state index contributed by atoms with van der Waals surface area (Å²) in [7, 11) is 0. The summed E-state index contributed by atoms with van der Waals surface area (Å²) in [6.07, 6.45) is 0. The molecule has 3 aromatic rings. The van der Waals surface area contributed by atoms with Crippen LogP contribution >= 0.6 is 11.8 Å². The summed E-state index contributed by atoms with van der Waals surface area (Å²) in [5.74, 6) is -0.393. The van der Waals surface area contributed by atoms with Crippen LogP contribution in [0.5, 0.6) is 0 Å². The normalized spacial score (nSPS) is 11.8. The van der Waals surface area contributed by atoms with E-state index in [0.717, 1.165) is 11.0 Å². The van der Waals surface area contributed by atoms with Gasteiger partial charge in [-0.25, -0.2) is 0 Å². The van der Waals surface area contributed by atoms with Crippen LogP contribution in [0, 0.1) is 10.1 Å². The van der Waals surface area contributed by atoms with Gasteiger partial charge in [-0.15, -0.1) is 11.8 Å². The van der Waals surface area contributed by atoms with Crippen molar-refractivity contribution in [1.82, 2.24) is 5.32 Å². The third-order valence-corrected chi connectivity index (χ3v) is 5.00. The number of amides is 1. The number of carbonyl (C=O) groups is 2. The molecule has 0 saturated heterocycles. The summed E-state index contributed by atoms with van der Waals surface area (Å²) in [4.78, 5) is 34.7. The van der Waals surface area contributed by atoms with Crippen LogP contribution in [0.2, 0.25) is 0 Å². The number of thioether (sulfide) groups is 1. The number of rotatable bonds is 8. The number of para-hydroxylation sites is 1. The highest BCUT2D eigenvalue weighted by atomic mass is 32.2. The molecule has 0 aliphatic rings. The fourth-order valence-electron chi connectivity index (χ4n) is 2.56. The van der Waals surface area contributed by atoms with Crippen molar-refractivity contribution in [3.63, 3.8) is 0 Å². The Balaban J connectivity index is 1.42. The van der Waals surface area contributed by atoms with Crippen molar-refractivity contribution in [1.29, 1.82) is 0 Å². The Hall–Kier alpha value is -3.33. The molecule has 1 atom stereocenters. The number of carbonyl (C=O) groups excluding carboxylic acids is 2. The van der Waals surface area contributed by atoms with Crippen LogP contribution in [0.3, 0.4) is 0 Å². The van der Waals surface area contributed by atoms with Crippen LogP contribution in [-0.2, 0) is 14.3 Å². The highest BCUT2D eigenvalue weighted by Gasteiger charge is 2.15. The third-order valence-electron chi connectivity index (χ3n) is 4.02. The smallest absolute Gasteiger partial charge is 0.316 e. The van der Waals surface area contributed by atoms with Crippen molar-refractivity contribution in [2.45, 2.75) is 17.9 Å². The summed E-state index contributed by atoms with van der Waals surface area (Å²) >= 11 is 1.17. The number of nitrogens with one attached hydrogen (secondary N) is 1. The van der Waals surface area contributed by atoms with Crippen LogP contribution < -0.4 is 5.32 Å². The van der Waals surface area contributed by atoms with Crippen LogP contribution in [0.15, 0.2) is 63.9 Å². The van der Waals surface area contributed by atoms with E-state index in [4.69, 9.17) is 9.15 Å². The minimum atomic E-state index is -0.556. The molecule has 9 heteroatoms. The molecule has 1 amide bonds. The lowest BCUT2D eigenvalue weighted by molar-refractivity contribution is -0.384. The van der Waals surface area contributed by atoms with Crippen molar-refractivity contribution >= 4 is 40.3 Å². The van der Waals surface area contributed by atoms with Gasteiger partial charge in [0, 0.05) is 22.4 Å². The fraction of sp³-hybridized carbons (Fsp3) is 0.200. The van der Waals surface area contributed by atoms with Gasteiger partial charge in [0.15, 0.2) is 6.61 Å². The van der Waals surface area contributed by atoms with Crippen LogP contribution in [0.25, 0.3) is 11.0 Å². The van der Waals surface area contributed by atoms with Crippen LogP contribution in [0.4, 0.5) is 5.69 Å². The largest absolute Gasteiger partial charge is 0.459 e. The minimum Gasteiger partial charge on any atom is -0.459 e. The Bertz CT molecular complexity index is 998. The molecule has 29 heavy (non-hydrogen) atoms. The zero-order chi connectivity index (χ0) is 20.8. The van der Waals surface area contributed by atoms with E-state index in [0.29, 0.717) is 10.7 Å². The molecular formula is C20H18N2O6S. The molecule has 8 nitrogen and oxygen atoms in total. The second-order valence-electron chi connectivity index (χ2n) is 6.18. The number of nitro benzene ring substituents is 1. The lowest BCUT2D eigenvalue weighted by atomic mass is 10.2. The maximum atomic E-state index is 12.0. The molecule has 0 saturated carbocycles. The fourth-order valence-corrected chi connectivity index (χ4v) is 3.26. The summed E-state index contributed by atoms with van der Waals surface area (Å²) in [6, 6.07) is 14.8. The number of nitro groups is 1. The second kappa shape index (κ2) is 9.24. The standard InChI is InChI=1S/C20H18N2O6S/c1-13(18-10-14-4-2-3-5-17(14)28-18)21-19(23)11-27-20(24)12-29-16-8-6-15(7-9-16)22(25)26/h2-10,13H,11-12H2,1H3,(H,21,23)/t13-/m0/s1. The van der Waals surface area contributed by atoms with Gasteiger partial charge in [0.05, 0.1) is 16.7 Å². The molecule has 1 N–H and O–H groups in total. The molecule has 0 bridgehead atoms. The molecular weight excluding hydrogens is 396 g/mol. The first-order valence-corrected chi connectivity index (χ1v) is 9.71. The van der Waals surface area contributed by atoms with Crippen LogP contribution in [0.1, 0.15) is 18.7 Å². The average molecular weight is 414 g/mol. The number of benzene rings is 2. The number of esters is 1. The molecule has 1 heterocycles. The Morgan fingerprint density at radius 3 is 2.62 bits per heavy atom. The highest BCUT2D eigenvalue weighted by molar-refractivity contribution is 8.00. The maximum Gasteiger partial charge on any atom is 0.316 e. The van der Waals surface area contributed by atoms with E-state index in [1.54, 1.807) is 19.1 Å². The van der Waals surface area contributed by atoms with Gasteiger partial charge in [0.25, 0.3) is 11.6 Å². The summed E-state index contributed by atoms with van der Waals surface area (Å²) in [6.45, 7) is 1.38. The molecule has 2 aromatic carbocycles. The molecule has 0 radical (unpaired) electrons. The number of hydrogen-bond donors (Lipinski definition) is 1. The quantitative estimate of drug-likeness (QED) is 0.258. The Morgan fingerprint density at radius 1 is 1.21 bits per heavy atom. The van der Waals surface area contributed by atoms with Gasteiger partial charge in [-0.3, -0.25) is 19.7 Å². The van der Waals surface area contributed by atoms with E-state index in [-0.39, 0.29) is 17.5 Å². The first kappa shape index (κ1) is 20.4. The zero-order valence-corrected chi connectivity index (χ0v) is 16.3. The molecule has 0 unspecified atom stereocenters. The van der Waals surface area contributed by atoms with Gasteiger partial charge in [0.1, 0.15) is 11.3 Å². The van der Waals surface area contributed by atoms with E-state index in [2.05, 4.69) is 5.32 Å². The molecule has 150 valence electrons. The lowest BCUT2D eigenvalue weighted by Gasteiger charge is -2.11. The van der Waals surface area contributed by atoms with E-state index in [1.165, 1.54) is 23.9 Å². The molecule has 0 fully saturated rings. The minimum absolute atomic E-state index is 0.00970. The monoisotopic (exact) mass is 414 g/mol. The molecule has 0 spiro atoms. The van der Waals surface area contributed by atoms with Crippen molar-refractivity contribution in [3.05, 3.63) is 70.5 Å². The summed E-state index contributed by atoms with van der Waals surface area (Å²) in [5.41, 5.74) is 0.713. The van der Waals surface area contributed by atoms with Crippen molar-refractivity contribution in [2.24, 2.45) is 0 Å². The SMILES string of the molecule is C[C@H](NC(=O)COC(=O)CSc1ccc([N+](=O)[O-])cc1)c1cc2ccccc2o1. The van der Waals surface area contributed by atoms with Crippen molar-refractivity contribution in [2.75, 3.05) is 12.4 Å². The number of ether oxygens (including phenoxy) is 1. The summed E-state index contributed by atoms with van der Waals surface area (Å²) in [5, 5.41) is 14.3. The van der Waals surface area contributed by atoms with Crippen molar-refractivity contribution < 1.29 is 23.7 Å². The highest BCUT2D eigenvalue weighted by Crippen LogP contribution is 2.24. The number of fused-ring (bicyclic) bond motifs is 1. The number of non-ortho nitro benzene ring substituents is 1. The maximum absolute atomic E-state index is 12.0. The van der Waals surface area contributed by atoms with Crippen LogP contribution in [-0.4, -0.2) is 29.2 Å². The third kappa shape index (κ3) is 5.58. The van der Waals surface area contributed by atoms with E-state index in [9.17, 15) is 19.7 Å². The van der Waals surface area contributed by atoms with Gasteiger partial charge >= 0.3 is 5.97 Å². The molecule has 3 rings (SSSR count). The van der Waals surface area contributed by atoms with Gasteiger partial charge in [-0.1, -0.05) is 18.2 Å². The average Bonchev–Trinajstić information content (AvgIpc) is 3.15. The Morgan fingerprint density at radius 2 is 1.93 bits per heavy atom. The van der Waals surface area contributed by atoms with Crippen molar-refractivity contribution in [3.8, 4) is 0 Å². The zero-order valence-electron chi connectivity index (χ0n) is 15.5. The number of hydrogen-bond acceptors (Lipinski definition) is 7. The first-order valence-electron chi connectivity index (χ1n) is 8.73. The van der Waals surface area contributed by atoms with E-state index >= 15 is 0 Å². The van der Waals surface area contributed by atoms with Gasteiger partial charge in [-0.2, -0.15) is 0 Å². The van der Waals surface area contributed by atoms with Gasteiger partial charge < -0.3 is 14.5 Å². The van der Waals surface area contributed by atoms with Gasteiger partial charge in [-0.05, 0) is 31.2 Å².